The molecular weight excluding hydrogens is 249 g/mol. The molecule has 1 amide bonds. The number of carboxylic acid groups (broad SMARTS) is 1. The van der Waals surface area contributed by atoms with E-state index in [0.717, 1.165) is 0 Å². The predicted octanol–water partition coefficient (Wildman–Crippen LogP) is 2.51. The highest BCUT2D eigenvalue weighted by Crippen LogP contribution is 2.16. The SMILES string of the molecule is CCCC(C)(NC(=O)c1ccc(C)cc1F)C(=O)O. The van der Waals surface area contributed by atoms with Crippen LogP contribution in [0.2, 0.25) is 0 Å². The summed E-state index contributed by atoms with van der Waals surface area (Å²) in [6, 6.07) is 4.21. The molecule has 0 aliphatic carbocycles. The second-order valence-electron chi connectivity index (χ2n) is 4.82. The van der Waals surface area contributed by atoms with Crippen molar-refractivity contribution in [3.8, 4) is 0 Å². The molecule has 2 N–H and O–H groups in total. The number of carbonyl (C=O) groups excluding carboxylic acids is 1. The smallest absolute Gasteiger partial charge is 0.329 e. The first-order valence-electron chi connectivity index (χ1n) is 6.12. The number of amides is 1. The lowest BCUT2D eigenvalue weighted by Gasteiger charge is -2.25. The van der Waals surface area contributed by atoms with Gasteiger partial charge in [0.1, 0.15) is 11.4 Å². The Balaban J connectivity index is 2.97. The highest BCUT2D eigenvalue weighted by molar-refractivity contribution is 5.98. The van der Waals surface area contributed by atoms with Crippen LogP contribution in [-0.2, 0) is 4.79 Å². The second kappa shape index (κ2) is 5.82. The van der Waals surface area contributed by atoms with E-state index >= 15 is 0 Å². The van der Waals surface area contributed by atoms with Crippen LogP contribution in [0.15, 0.2) is 18.2 Å². The van der Waals surface area contributed by atoms with Crippen LogP contribution in [0.1, 0.15) is 42.6 Å². The molecule has 0 aliphatic heterocycles. The molecular formula is C14H18FNO3. The molecule has 0 saturated heterocycles. The number of rotatable bonds is 5. The molecule has 0 bridgehead atoms. The maximum Gasteiger partial charge on any atom is 0.329 e. The van der Waals surface area contributed by atoms with Gasteiger partial charge in [0.05, 0.1) is 5.56 Å². The van der Waals surface area contributed by atoms with E-state index in [1.165, 1.54) is 19.1 Å². The van der Waals surface area contributed by atoms with E-state index in [0.29, 0.717) is 12.0 Å². The number of aryl methyl sites for hydroxylation is 1. The Hall–Kier alpha value is -1.91. The fourth-order valence-electron chi connectivity index (χ4n) is 1.85. The number of hydrogen-bond acceptors (Lipinski definition) is 2. The molecule has 0 aromatic heterocycles. The van der Waals surface area contributed by atoms with Gasteiger partial charge in [-0.15, -0.1) is 0 Å². The molecule has 1 rings (SSSR count). The van der Waals surface area contributed by atoms with Crippen molar-refractivity contribution < 1.29 is 19.1 Å². The summed E-state index contributed by atoms with van der Waals surface area (Å²) >= 11 is 0. The highest BCUT2D eigenvalue weighted by Gasteiger charge is 2.34. The number of aliphatic carboxylic acids is 1. The van der Waals surface area contributed by atoms with E-state index < -0.39 is 23.2 Å². The van der Waals surface area contributed by atoms with Gasteiger partial charge in [-0.3, -0.25) is 4.79 Å². The third kappa shape index (κ3) is 3.53. The number of hydrogen-bond donors (Lipinski definition) is 2. The number of carbonyl (C=O) groups is 2. The Morgan fingerprint density at radius 3 is 2.53 bits per heavy atom. The van der Waals surface area contributed by atoms with Crippen molar-refractivity contribution >= 4 is 11.9 Å². The monoisotopic (exact) mass is 267 g/mol. The lowest BCUT2D eigenvalue weighted by Crippen LogP contribution is -2.52. The average molecular weight is 267 g/mol. The van der Waals surface area contributed by atoms with Crippen LogP contribution in [0.5, 0.6) is 0 Å². The van der Waals surface area contributed by atoms with Gasteiger partial charge in [0.15, 0.2) is 0 Å². The van der Waals surface area contributed by atoms with E-state index in [9.17, 15) is 14.0 Å². The van der Waals surface area contributed by atoms with Gasteiger partial charge >= 0.3 is 5.97 Å². The molecule has 104 valence electrons. The molecule has 0 aliphatic rings. The fraction of sp³-hybridized carbons (Fsp3) is 0.429. The molecule has 0 radical (unpaired) electrons. The van der Waals surface area contributed by atoms with Crippen molar-refractivity contribution in [1.82, 2.24) is 5.32 Å². The van der Waals surface area contributed by atoms with Gasteiger partial charge in [-0.25, -0.2) is 9.18 Å². The number of benzene rings is 1. The lowest BCUT2D eigenvalue weighted by molar-refractivity contribution is -0.144. The Morgan fingerprint density at radius 1 is 1.42 bits per heavy atom. The Kier molecular flexibility index (Phi) is 4.64. The Bertz CT molecular complexity index is 501. The second-order valence-corrected chi connectivity index (χ2v) is 4.82. The largest absolute Gasteiger partial charge is 0.480 e. The molecule has 0 fully saturated rings. The van der Waals surface area contributed by atoms with E-state index in [-0.39, 0.29) is 12.0 Å². The number of halogens is 1. The van der Waals surface area contributed by atoms with Crippen LogP contribution in [0.4, 0.5) is 4.39 Å². The van der Waals surface area contributed by atoms with Crippen LogP contribution in [-0.4, -0.2) is 22.5 Å². The van der Waals surface area contributed by atoms with Crippen LogP contribution < -0.4 is 5.32 Å². The molecule has 1 aromatic carbocycles. The van der Waals surface area contributed by atoms with Gasteiger partial charge in [0, 0.05) is 0 Å². The quantitative estimate of drug-likeness (QED) is 0.861. The summed E-state index contributed by atoms with van der Waals surface area (Å²) in [6.07, 6.45) is 0.876. The normalized spacial score (nSPS) is 13.7. The lowest BCUT2D eigenvalue weighted by atomic mass is 9.95. The number of carboxylic acids is 1. The highest BCUT2D eigenvalue weighted by atomic mass is 19.1. The van der Waals surface area contributed by atoms with E-state index in [1.807, 2.05) is 6.92 Å². The van der Waals surface area contributed by atoms with Gasteiger partial charge in [0.2, 0.25) is 0 Å². The minimum Gasteiger partial charge on any atom is -0.480 e. The number of nitrogens with one attached hydrogen (secondary N) is 1. The molecule has 1 unspecified atom stereocenters. The third-order valence-corrected chi connectivity index (χ3v) is 2.98. The molecule has 19 heavy (non-hydrogen) atoms. The van der Waals surface area contributed by atoms with Crippen molar-refractivity contribution in [1.29, 1.82) is 0 Å². The van der Waals surface area contributed by atoms with Crippen molar-refractivity contribution in [3.63, 3.8) is 0 Å². The maximum atomic E-state index is 13.7. The molecule has 4 nitrogen and oxygen atoms in total. The summed E-state index contributed by atoms with van der Waals surface area (Å²) in [4.78, 5) is 23.2. The zero-order chi connectivity index (χ0) is 14.6. The predicted molar refractivity (Wildman–Crippen MR) is 69.6 cm³/mol. The summed E-state index contributed by atoms with van der Waals surface area (Å²) in [5.74, 6) is -2.49. The van der Waals surface area contributed by atoms with E-state index in [2.05, 4.69) is 5.32 Å². The summed E-state index contributed by atoms with van der Waals surface area (Å²) < 4.78 is 13.7. The Labute approximate surface area is 111 Å². The van der Waals surface area contributed by atoms with Crippen molar-refractivity contribution in [2.75, 3.05) is 0 Å². The van der Waals surface area contributed by atoms with E-state index in [1.54, 1.807) is 13.0 Å². The summed E-state index contributed by atoms with van der Waals surface area (Å²) in [5, 5.41) is 11.6. The molecule has 0 heterocycles. The van der Waals surface area contributed by atoms with Gasteiger partial charge in [-0.05, 0) is 38.0 Å². The van der Waals surface area contributed by atoms with Crippen molar-refractivity contribution in [2.45, 2.75) is 39.2 Å². The molecule has 1 aromatic rings. The first-order valence-corrected chi connectivity index (χ1v) is 6.12. The minimum atomic E-state index is -1.39. The molecule has 5 heteroatoms. The molecule has 1 atom stereocenters. The van der Waals surface area contributed by atoms with Crippen molar-refractivity contribution in [2.24, 2.45) is 0 Å². The van der Waals surface area contributed by atoms with Crippen LogP contribution >= 0.6 is 0 Å². The maximum absolute atomic E-state index is 13.7. The Morgan fingerprint density at radius 2 is 2.05 bits per heavy atom. The first-order chi connectivity index (χ1) is 8.80. The third-order valence-electron chi connectivity index (χ3n) is 2.98. The molecule has 0 spiro atoms. The standard InChI is InChI=1S/C14H18FNO3/c1-4-7-14(3,13(18)19)16-12(17)10-6-5-9(2)8-11(10)15/h5-6,8H,4,7H2,1-3H3,(H,16,17)(H,18,19). The van der Waals surface area contributed by atoms with Gasteiger partial charge in [-0.1, -0.05) is 19.4 Å². The summed E-state index contributed by atoms with van der Waals surface area (Å²) in [6.45, 7) is 4.95. The first kappa shape index (κ1) is 15.1. The van der Waals surface area contributed by atoms with Gasteiger partial charge in [0.25, 0.3) is 5.91 Å². The average Bonchev–Trinajstić information content (AvgIpc) is 2.28. The van der Waals surface area contributed by atoms with Gasteiger partial charge in [-0.2, -0.15) is 0 Å². The summed E-state index contributed by atoms with van der Waals surface area (Å²) in [5.41, 5.74) is -0.832. The van der Waals surface area contributed by atoms with Crippen LogP contribution in [0, 0.1) is 12.7 Å². The zero-order valence-corrected chi connectivity index (χ0v) is 11.3. The van der Waals surface area contributed by atoms with Crippen LogP contribution in [0.25, 0.3) is 0 Å². The van der Waals surface area contributed by atoms with Crippen molar-refractivity contribution in [3.05, 3.63) is 35.1 Å². The topological polar surface area (TPSA) is 66.4 Å². The molecule has 0 saturated carbocycles. The summed E-state index contributed by atoms with van der Waals surface area (Å²) in [7, 11) is 0. The van der Waals surface area contributed by atoms with Crippen LogP contribution in [0.3, 0.4) is 0 Å². The minimum absolute atomic E-state index is 0.144. The fourth-order valence-corrected chi connectivity index (χ4v) is 1.85. The zero-order valence-electron chi connectivity index (χ0n) is 11.3. The van der Waals surface area contributed by atoms with E-state index in [4.69, 9.17) is 5.11 Å². The van der Waals surface area contributed by atoms with Gasteiger partial charge < -0.3 is 10.4 Å².